The van der Waals surface area contributed by atoms with Gasteiger partial charge in [0.25, 0.3) is 0 Å². The highest BCUT2D eigenvalue weighted by Gasteiger charge is 2.31. The van der Waals surface area contributed by atoms with Crippen LogP contribution in [0.15, 0.2) is 84.9 Å². The van der Waals surface area contributed by atoms with Crippen molar-refractivity contribution in [3.8, 4) is 0 Å². The summed E-state index contributed by atoms with van der Waals surface area (Å²) in [5.41, 5.74) is -0.519. The van der Waals surface area contributed by atoms with E-state index in [2.05, 4.69) is 0 Å². The Balaban J connectivity index is 1.70. The van der Waals surface area contributed by atoms with E-state index < -0.39 is 34.8 Å². The molecule has 0 N–H and O–H groups in total. The van der Waals surface area contributed by atoms with Crippen molar-refractivity contribution < 1.29 is 22.0 Å². The lowest BCUT2D eigenvalue weighted by molar-refractivity contribution is 0.380. The summed E-state index contributed by atoms with van der Waals surface area (Å²) in [6.07, 6.45) is 0. The number of rotatable bonds is 3. The number of nitrogens with zero attached hydrogens (tertiary/aromatic N) is 1. The number of para-hydroxylation sites is 1. The molecule has 166 valence electrons. The first-order chi connectivity index (χ1) is 16.5. The Morgan fingerprint density at radius 3 is 1.44 bits per heavy atom. The molecule has 6 aromatic carbocycles. The second kappa shape index (κ2) is 7.42. The van der Waals surface area contributed by atoms with Crippen LogP contribution in [0.1, 0.15) is 0 Å². The molecule has 0 saturated carbocycles. The van der Waals surface area contributed by atoms with Gasteiger partial charge in [-0.3, -0.25) is 0 Å². The summed E-state index contributed by atoms with van der Waals surface area (Å²) >= 11 is 0. The molecule has 0 radical (unpaired) electrons. The predicted octanol–water partition coefficient (Wildman–Crippen LogP) is 8.75. The van der Waals surface area contributed by atoms with Gasteiger partial charge >= 0.3 is 0 Å². The van der Waals surface area contributed by atoms with Gasteiger partial charge in [-0.1, -0.05) is 60.7 Å². The van der Waals surface area contributed by atoms with Crippen molar-refractivity contribution in [3.05, 3.63) is 114 Å². The third kappa shape index (κ3) is 2.85. The second-order valence-electron chi connectivity index (χ2n) is 8.07. The van der Waals surface area contributed by atoms with Crippen LogP contribution in [0.5, 0.6) is 0 Å². The minimum absolute atomic E-state index is 0.249. The average Bonchev–Trinajstić information content (AvgIpc) is 2.87. The van der Waals surface area contributed by atoms with Crippen LogP contribution in [-0.4, -0.2) is 0 Å². The average molecular weight is 459 g/mol. The minimum Gasteiger partial charge on any atom is -0.305 e. The Morgan fingerprint density at radius 1 is 0.412 bits per heavy atom. The molecule has 6 aromatic rings. The van der Waals surface area contributed by atoms with Crippen LogP contribution in [0.2, 0.25) is 0 Å². The Labute approximate surface area is 190 Å². The molecular formula is C28H14F5N. The zero-order valence-corrected chi connectivity index (χ0v) is 17.4. The molecule has 0 saturated heterocycles. The lowest BCUT2D eigenvalue weighted by Crippen LogP contribution is -2.17. The predicted molar refractivity (Wildman–Crippen MR) is 125 cm³/mol. The molecule has 0 aliphatic carbocycles. The van der Waals surface area contributed by atoms with E-state index in [1.54, 1.807) is 42.5 Å². The fourth-order valence-electron chi connectivity index (χ4n) is 4.64. The molecule has 0 aromatic heterocycles. The lowest BCUT2D eigenvalue weighted by atomic mass is 9.93. The van der Waals surface area contributed by atoms with Gasteiger partial charge in [-0.25, -0.2) is 22.0 Å². The summed E-state index contributed by atoms with van der Waals surface area (Å²) in [7, 11) is 0. The summed E-state index contributed by atoms with van der Waals surface area (Å²) in [5, 5.41) is 5.66. The highest BCUT2D eigenvalue weighted by molar-refractivity contribution is 6.23. The molecule has 0 unspecified atom stereocenters. The molecular weight excluding hydrogens is 445 g/mol. The molecule has 0 aliphatic heterocycles. The maximum Gasteiger partial charge on any atom is 0.200 e. The molecule has 0 heterocycles. The monoisotopic (exact) mass is 459 g/mol. The van der Waals surface area contributed by atoms with Gasteiger partial charge in [0.1, 0.15) is 5.69 Å². The Bertz CT molecular complexity index is 1620. The van der Waals surface area contributed by atoms with Gasteiger partial charge < -0.3 is 4.90 Å². The van der Waals surface area contributed by atoms with Gasteiger partial charge in [0.15, 0.2) is 23.3 Å². The van der Waals surface area contributed by atoms with E-state index in [4.69, 9.17) is 0 Å². The first-order valence-electron chi connectivity index (χ1n) is 10.5. The smallest absolute Gasteiger partial charge is 0.200 e. The Hall–Kier alpha value is -4.19. The summed E-state index contributed by atoms with van der Waals surface area (Å²) in [6, 6.07) is 25.0. The van der Waals surface area contributed by atoms with Crippen molar-refractivity contribution in [1.82, 2.24) is 0 Å². The van der Waals surface area contributed by atoms with Gasteiger partial charge in [0.2, 0.25) is 5.82 Å². The van der Waals surface area contributed by atoms with Crippen LogP contribution in [0.3, 0.4) is 0 Å². The van der Waals surface area contributed by atoms with Gasteiger partial charge in [-0.15, -0.1) is 0 Å². The molecule has 6 rings (SSSR count). The van der Waals surface area contributed by atoms with Gasteiger partial charge in [-0.05, 0) is 56.6 Å². The van der Waals surface area contributed by atoms with E-state index in [-0.39, 0.29) is 11.4 Å². The first kappa shape index (κ1) is 20.4. The molecule has 34 heavy (non-hydrogen) atoms. The topological polar surface area (TPSA) is 3.24 Å². The quantitative estimate of drug-likeness (QED) is 0.111. The van der Waals surface area contributed by atoms with Gasteiger partial charge in [0.05, 0.1) is 0 Å². The van der Waals surface area contributed by atoms with Crippen molar-refractivity contribution in [2.75, 3.05) is 4.90 Å². The van der Waals surface area contributed by atoms with E-state index >= 15 is 0 Å². The van der Waals surface area contributed by atoms with Crippen LogP contribution >= 0.6 is 0 Å². The van der Waals surface area contributed by atoms with Crippen molar-refractivity contribution in [1.29, 1.82) is 0 Å². The van der Waals surface area contributed by atoms with Crippen molar-refractivity contribution >= 4 is 49.4 Å². The fourth-order valence-corrected chi connectivity index (χ4v) is 4.64. The SMILES string of the molecule is Fc1c(F)c(F)c(N(c2ccccc2)c2cc3ccc4cccc5ccc(c2)c3c45)c(F)c1F. The van der Waals surface area contributed by atoms with E-state index in [1.165, 1.54) is 0 Å². The zero-order valence-electron chi connectivity index (χ0n) is 17.4. The number of hydrogen-bond donors (Lipinski definition) is 0. The van der Waals surface area contributed by atoms with Crippen molar-refractivity contribution in [3.63, 3.8) is 0 Å². The fraction of sp³-hybridized carbons (Fsp3) is 0. The molecule has 0 fully saturated rings. The molecule has 1 nitrogen and oxygen atoms in total. The number of hydrogen-bond acceptors (Lipinski definition) is 1. The third-order valence-electron chi connectivity index (χ3n) is 6.13. The maximum atomic E-state index is 15.0. The Kier molecular flexibility index (Phi) is 4.45. The molecule has 0 amide bonds. The summed E-state index contributed by atoms with van der Waals surface area (Å²) in [6.45, 7) is 0. The van der Waals surface area contributed by atoms with E-state index in [9.17, 15) is 22.0 Å². The van der Waals surface area contributed by atoms with Crippen LogP contribution < -0.4 is 4.90 Å². The molecule has 6 heteroatoms. The lowest BCUT2D eigenvalue weighted by Gasteiger charge is -2.27. The second-order valence-corrected chi connectivity index (χ2v) is 8.07. The number of benzene rings is 6. The third-order valence-corrected chi connectivity index (χ3v) is 6.13. The molecule has 0 aliphatic rings. The van der Waals surface area contributed by atoms with Crippen molar-refractivity contribution in [2.45, 2.75) is 0 Å². The van der Waals surface area contributed by atoms with E-state index in [0.717, 1.165) is 37.2 Å². The van der Waals surface area contributed by atoms with Gasteiger partial charge in [-0.2, -0.15) is 0 Å². The standard InChI is InChI=1S/C28H14F5N/c29-23-24(30)26(32)28(27(33)25(23)31)34(19-7-2-1-3-8-19)20-13-17-11-9-15-5-4-6-16-10-12-18(14-20)22(17)21(15)16/h1-14H. The molecule has 0 atom stereocenters. The number of halogens is 5. The number of anilines is 3. The van der Waals surface area contributed by atoms with E-state index in [0.29, 0.717) is 0 Å². The van der Waals surface area contributed by atoms with Crippen LogP contribution in [0.25, 0.3) is 32.3 Å². The molecule has 0 bridgehead atoms. The summed E-state index contributed by atoms with van der Waals surface area (Å²) in [5.74, 6) is -9.97. The van der Waals surface area contributed by atoms with Gasteiger partial charge in [0, 0.05) is 11.4 Å². The largest absolute Gasteiger partial charge is 0.305 e. The highest BCUT2D eigenvalue weighted by atomic mass is 19.2. The minimum atomic E-state index is -2.19. The normalized spacial score (nSPS) is 11.7. The Morgan fingerprint density at radius 2 is 0.882 bits per heavy atom. The van der Waals surface area contributed by atoms with Crippen LogP contribution in [-0.2, 0) is 0 Å². The first-order valence-corrected chi connectivity index (χ1v) is 10.5. The van der Waals surface area contributed by atoms with E-state index in [1.807, 2.05) is 42.5 Å². The maximum absolute atomic E-state index is 15.0. The van der Waals surface area contributed by atoms with Crippen molar-refractivity contribution in [2.24, 2.45) is 0 Å². The summed E-state index contributed by atoms with van der Waals surface area (Å²) < 4.78 is 72.1. The zero-order chi connectivity index (χ0) is 23.6. The van der Waals surface area contributed by atoms with Crippen LogP contribution in [0, 0.1) is 29.1 Å². The highest BCUT2D eigenvalue weighted by Crippen LogP contribution is 2.43. The molecule has 0 spiro atoms. The van der Waals surface area contributed by atoms with Crippen LogP contribution in [0.4, 0.5) is 39.0 Å². The summed E-state index contributed by atoms with van der Waals surface area (Å²) in [4.78, 5) is 1.06.